The largest absolute Gasteiger partial charge is 0.301 e. The summed E-state index contributed by atoms with van der Waals surface area (Å²) < 4.78 is 0. The van der Waals surface area contributed by atoms with E-state index in [1.165, 1.54) is 11.1 Å². The molecule has 0 amide bonds. The van der Waals surface area contributed by atoms with Crippen molar-refractivity contribution >= 4 is 12.4 Å². The van der Waals surface area contributed by atoms with E-state index >= 15 is 0 Å². The van der Waals surface area contributed by atoms with Crippen LogP contribution in [0.4, 0.5) is 0 Å². The Balaban J connectivity index is 0.000000720. The van der Waals surface area contributed by atoms with Crippen LogP contribution in [-0.2, 0) is 6.54 Å². The lowest BCUT2D eigenvalue weighted by atomic mass is 10.1. The summed E-state index contributed by atoms with van der Waals surface area (Å²) >= 11 is 0. The molecule has 0 aromatic heterocycles. The standard InChI is InChI=1S/C9H12N2.ClH/c1-10-9-8-5-3-2-4-7(8)6-11-9;/h2-5,9-11H,6H2,1H3;1H. The smallest absolute Gasteiger partial charge is 0.0838 e. The van der Waals surface area contributed by atoms with E-state index in [9.17, 15) is 0 Å². The van der Waals surface area contributed by atoms with Crippen molar-refractivity contribution in [3.8, 4) is 0 Å². The van der Waals surface area contributed by atoms with Crippen molar-refractivity contribution in [1.82, 2.24) is 10.6 Å². The van der Waals surface area contributed by atoms with Gasteiger partial charge < -0.3 is 5.32 Å². The zero-order valence-electron chi connectivity index (χ0n) is 7.00. The highest BCUT2D eigenvalue weighted by Gasteiger charge is 2.18. The SMILES string of the molecule is CNC1NCc2ccccc21.Cl. The molecule has 66 valence electrons. The number of fused-ring (bicyclic) bond motifs is 1. The third-order valence-electron chi connectivity index (χ3n) is 2.15. The maximum atomic E-state index is 3.36. The Bertz CT molecular complexity index is 262. The summed E-state index contributed by atoms with van der Waals surface area (Å²) in [4.78, 5) is 0. The molecule has 1 heterocycles. The van der Waals surface area contributed by atoms with Gasteiger partial charge in [0.05, 0.1) is 6.17 Å². The number of hydrogen-bond donors (Lipinski definition) is 2. The quantitative estimate of drug-likeness (QED) is 0.690. The topological polar surface area (TPSA) is 24.1 Å². The molecule has 1 unspecified atom stereocenters. The molecule has 0 radical (unpaired) electrons. The Morgan fingerprint density at radius 3 is 2.92 bits per heavy atom. The van der Waals surface area contributed by atoms with E-state index in [-0.39, 0.29) is 12.4 Å². The molecule has 1 atom stereocenters. The van der Waals surface area contributed by atoms with E-state index in [1.807, 2.05) is 7.05 Å². The summed E-state index contributed by atoms with van der Waals surface area (Å²) in [5.41, 5.74) is 2.79. The highest BCUT2D eigenvalue weighted by Crippen LogP contribution is 2.21. The molecule has 1 aliphatic heterocycles. The van der Waals surface area contributed by atoms with Crippen LogP contribution in [0.1, 0.15) is 17.3 Å². The van der Waals surface area contributed by atoms with Crippen LogP contribution in [0.2, 0.25) is 0 Å². The van der Waals surface area contributed by atoms with Gasteiger partial charge in [0, 0.05) is 6.54 Å². The second-order valence-corrected chi connectivity index (χ2v) is 2.80. The minimum absolute atomic E-state index is 0. The summed E-state index contributed by atoms with van der Waals surface area (Å²) in [6, 6.07) is 8.49. The molecule has 2 nitrogen and oxygen atoms in total. The molecule has 1 aromatic carbocycles. The Morgan fingerprint density at radius 1 is 1.42 bits per heavy atom. The highest BCUT2D eigenvalue weighted by molar-refractivity contribution is 5.85. The maximum absolute atomic E-state index is 3.36. The summed E-state index contributed by atoms with van der Waals surface area (Å²) in [7, 11) is 1.97. The fraction of sp³-hybridized carbons (Fsp3) is 0.333. The molecule has 1 aromatic rings. The first kappa shape index (κ1) is 9.52. The van der Waals surface area contributed by atoms with E-state index in [0.717, 1.165) is 6.54 Å². The van der Waals surface area contributed by atoms with Gasteiger partial charge in [0.1, 0.15) is 0 Å². The van der Waals surface area contributed by atoms with Crippen molar-refractivity contribution in [3.63, 3.8) is 0 Å². The van der Waals surface area contributed by atoms with Crippen LogP contribution in [0, 0.1) is 0 Å². The van der Waals surface area contributed by atoms with E-state index in [4.69, 9.17) is 0 Å². The average molecular weight is 185 g/mol. The molecule has 2 rings (SSSR count). The fourth-order valence-electron chi connectivity index (χ4n) is 1.56. The molecule has 1 aliphatic rings. The summed E-state index contributed by atoms with van der Waals surface area (Å²) in [5.74, 6) is 0. The molecule has 0 saturated heterocycles. The zero-order chi connectivity index (χ0) is 7.68. The van der Waals surface area contributed by atoms with Gasteiger partial charge >= 0.3 is 0 Å². The number of hydrogen-bond acceptors (Lipinski definition) is 2. The molecule has 3 heteroatoms. The lowest BCUT2D eigenvalue weighted by molar-refractivity contribution is 0.515. The zero-order valence-corrected chi connectivity index (χ0v) is 7.82. The van der Waals surface area contributed by atoms with E-state index < -0.39 is 0 Å². The van der Waals surface area contributed by atoms with E-state index in [1.54, 1.807) is 0 Å². The van der Waals surface area contributed by atoms with Crippen molar-refractivity contribution in [1.29, 1.82) is 0 Å². The number of nitrogens with one attached hydrogen (secondary N) is 2. The van der Waals surface area contributed by atoms with Gasteiger partial charge in [0.2, 0.25) is 0 Å². The van der Waals surface area contributed by atoms with Crippen LogP contribution >= 0.6 is 12.4 Å². The highest BCUT2D eigenvalue weighted by atomic mass is 35.5. The van der Waals surface area contributed by atoms with Crippen LogP contribution in [-0.4, -0.2) is 7.05 Å². The van der Waals surface area contributed by atoms with Crippen molar-refractivity contribution < 1.29 is 0 Å². The Labute approximate surface area is 78.8 Å². The first-order chi connectivity index (χ1) is 5.42. The lowest BCUT2D eigenvalue weighted by Gasteiger charge is -2.09. The van der Waals surface area contributed by atoms with Crippen LogP contribution in [0.15, 0.2) is 24.3 Å². The number of benzene rings is 1. The average Bonchev–Trinajstić information content (AvgIpc) is 2.47. The molecule has 0 bridgehead atoms. The van der Waals surface area contributed by atoms with E-state index in [0.29, 0.717) is 6.17 Å². The van der Waals surface area contributed by atoms with Gasteiger partial charge in [-0.1, -0.05) is 24.3 Å². The third kappa shape index (κ3) is 1.46. The summed E-state index contributed by atoms with van der Waals surface area (Å²) in [6.45, 7) is 0.988. The Hall–Kier alpha value is -0.570. The van der Waals surface area contributed by atoms with Gasteiger partial charge in [-0.25, -0.2) is 0 Å². The molecule has 2 N–H and O–H groups in total. The minimum Gasteiger partial charge on any atom is -0.301 e. The molecule has 0 fully saturated rings. The Morgan fingerprint density at radius 2 is 2.17 bits per heavy atom. The van der Waals surface area contributed by atoms with Crippen LogP contribution in [0.3, 0.4) is 0 Å². The Kier molecular flexibility index (Phi) is 3.09. The summed E-state index contributed by atoms with van der Waals surface area (Å²) in [6.07, 6.45) is 0.353. The van der Waals surface area contributed by atoms with Gasteiger partial charge in [-0.15, -0.1) is 12.4 Å². The van der Waals surface area contributed by atoms with Crippen molar-refractivity contribution in [2.24, 2.45) is 0 Å². The molecule has 0 saturated carbocycles. The molecule has 0 aliphatic carbocycles. The van der Waals surface area contributed by atoms with Gasteiger partial charge in [-0.05, 0) is 18.2 Å². The van der Waals surface area contributed by atoms with E-state index in [2.05, 4.69) is 34.9 Å². The van der Waals surface area contributed by atoms with Crippen molar-refractivity contribution in [2.75, 3.05) is 7.05 Å². The predicted octanol–water partition coefficient (Wildman–Crippen LogP) is 1.43. The minimum atomic E-state index is 0. The van der Waals surface area contributed by atoms with Gasteiger partial charge in [-0.3, -0.25) is 5.32 Å². The van der Waals surface area contributed by atoms with Gasteiger partial charge in [0.25, 0.3) is 0 Å². The molecule has 0 spiro atoms. The monoisotopic (exact) mass is 184 g/mol. The molecular weight excluding hydrogens is 172 g/mol. The first-order valence-corrected chi connectivity index (χ1v) is 3.90. The van der Waals surface area contributed by atoms with Crippen LogP contribution in [0.25, 0.3) is 0 Å². The van der Waals surface area contributed by atoms with Gasteiger partial charge in [0.15, 0.2) is 0 Å². The second-order valence-electron chi connectivity index (χ2n) is 2.80. The lowest BCUT2D eigenvalue weighted by Crippen LogP contribution is -2.25. The summed E-state index contributed by atoms with van der Waals surface area (Å²) in [5, 5.41) is 6.57. The second kappa shape index (κ2) is 3.90. The molecular formula is C9H13ClN2. The van der Waals surface area contributed by atoms with Crippen molar-refractivity contribution in [2.45, 2.75) is 12.7 Å². The maximum Gasteiger partial charge on any atom is 0.0838 e. The van der Waals surface area contributed by atoms with Crippen LogP contribution < -0.4 is 10.6 Å². The molecule has 12 heavy (non-hydrogen) atoms. The fourth-order valence-corrected chi connectivity index (χ4v) is 1.56. The third-order valence-corrected chi connectivity index (χ3v) is 2.15. The van der Waals surface area contributed by atoms with Gasteiger partial charge in [-0.2, -0.15) is 0 Å². The number of halogens is 1. The van der Waals surface area contributed by atoms with Crippen molar-refractivity contribution in [3.05, 3.63) is 35.4 Å². The normalized spacial score (nSPS) is 19.9. The number of rotatable bonds is 1. The predicted molar refractivity (Wildman–Crippen MR) is 52.3 cm³/mol. The van der Waals surface area contributed by atoms with Crippen LogP contribution in [0.5, 0.6) is 0 Å². The first-order valence-electron chi connectivity index (χ1n) is 3.90.